The highest BCUT2D eigenvalue weighted by molar-refractivity contribution is 9.10. The zero-order chi connectivity index (χ0) is 13.8. The predicted octanol–water partition coefficient (Wildman–Crippen LogP) is 3.86. The molecule has 3 nitrogen and oxygen atoms in total. The number of carbonyl (C=O) groups is 1. The van der Waals surface area contributed by atoms with E-state index < -0.39 is 0 Å². The van der Waals surface area contributed by atoms with E-state index in [1.54, 1.807) is 42.6 Å². The maximum Gasteiger partial charge on any atom is 0.211 e. The summed E-state index contributed by atoms with van der Waals surface area (Å²) in [7, 11) is 0. The highest BCUT2D eigenvalue weighted by Gasteiger charge is 2.10. The van der Waals surface area contributed by atoms with Crippen molar-refractivity contribution in [1.82, 2.24) is 4.98 Å². The molecule has 19 heavy (non-hydrogen) atoms. The maximum atomic E-state index is 12.2. The molecule has 0 radical (unpaired) electrons. The number of benzene rings is 1. The lowest BCUT2D eigenvalue weighted by Gasteiger charge is -2.09. The number of nitrogens with zero attached hydrogens (tertiary/aromatic N) is 1. The minimum atomic E-state index is -0.0939. The van der Waals surface area contributed by atoms with E-state index in [1.165, 1.54) is 0 Å². The third-order valence-corrected chi connectivity index (χ3v) is 2.92. The zero-order valence-electron chi connectivity index (χ0n) is 10.8. The summed E-state index contributed by atoms with van der Waals surface area (Å²) in [5.74, 6) is 0.666. The molecule has 0 N–H and O–H groups in total. The van der Waals surface area contributed by atoms with Crippen LogP contribution in [0.15, 0.2) is 47.1 Å². The van der Waals surface area contributed by atoms with Gasteiger partial charge in [0.15, 0.2) is 0 Å². The molecule has 0 aliphatic heterocycles. The molecule has 0 saturated carbocycles. The summed E-state index contributed by atoms with van der Waals surface area (Å²) in [5, 5.41) is 0. The highest BCUT2D eigenvalue weighted by Crippen LogP contribution is 2.16. The first-order chi connectivity index (χ1) is 9.06. The summed E-state index contributed by atoms with van der Waals surface area (Å²) in [5.41, 5.74) is 1.03. The van der Waals surface area contributed by atoms with Crippen molar-refractivity contribution < 1.29 is 9.53 Å². The first-order valence-electron chi connectivity index (χ1n) is 5.99. The summed E-state index contributed by atoms with van der Waals surface area (Å²) in [4.78, 5) is 16.3. The Morgan fingerprint density at radius 2 is 1.84 bits per heavy atom. The highest BCUT2D eigenvalue weighted by atomic mass is 79.9. The van der Waals surface area contributed by atoms with Crippen molar-refractivity contribution in [2.45, 2.75) is 20.0 Å². The van der Waals surface area contributed by atoms with E-state index in [9.17, 15) is 4.79 Å². The van der Waals surface area contributed by atoms with Crippen LogP contribution < -0.4 is 4.74 Å². The summed E-state index contributed by atoms with van der Waals surface area (Å²) >= 11 is 3.29. The van der Waals surface area contributed by atoms with Crippen molar-refractivity contribution in [2.24, 2.45) is 0 Å². The number of ether oxygens (including phenoxy) is 1. The topological polar surface area (TPSA) is 39.2 Å². The first-order valence-corrected chi connectivity index (χ1v) is 6.78. The van der Waals surface area contributed by atoms with Crippen molar-refractivity contribution >= 4 is 21.7 Å². The number of hydrogen-bond donors (Lipinski definition) is 0. The van der Waals surface area contributed by atoms with Crippen LogP contribution in [-0.2, 0) is 0 Å². The van der Waals surface area contributed by atoms with Crippen LogP contribution in [0.2, 0.25) is 0 Å². The molecule has 1 aromatic carbocycles. The molecule has 98 valence electrons. The minimum Gasteiger partial charge on any atom is -0.491 e. The third kappa shape index (κ3) is 3.64. The van der Waals surface area contributed by atoms with Crippen LogP contribution in [0.5, 0.6) is 5.75 Å². The molecular formula is C15H14BrNO2. The average Bonchev–Trinajstić information content (AvgIpc) is 2.39. The Morgan fingerprint density at radius 3 is 2.37 bits per heavy atom. The second kappa shape index (κ2) is 5.97. The van der Waals surface area contributed by atoms with Crippen molar-refractivity contribution in [2.75, 3.05) is 0 Å². The Kier molecular flexibility index (Phi) is 4.32. The van der Waals surface area contributed by atoms with E-state index in [0.29, 0.717) is 11.3 Å². The number of aromatic nitrogens is 1. The molecule has 0 fully saturated rings. The fourth-order valence-electron chi connectivity index (χ4n) is 1.62. The van der Waals surface area contributed by atoms with Gasteiger partial charge in [-0.1, -0.05) is 0 Å². The van der Waals surface area contributed by atoms with Gasteiger partial charge in [0.2, 0.25) is 5.78 Å². The monoisotopic (exact) mass is 319 g/mol. The van der Waals surface area contributed by atoms with Gasteiger partial charge in [-0.15, -0.1) is 0 Å². The van der Waals surface area contributed by atoms with Crippen LogP contribution in [0, 0.1) is 0 Å². The summed E-state index contributed by atoms with van der Waals surface area (Å²) in [6.07, 6.45) is 1.73. The normalized spacial score (nSPS) is 10.5. The Labute approximate surface area is 120 Å². The van der Waals surface area contributed by atoms with Crippen molar-refractivity contribution in [3.05, 3.63) is 58.3 Å². The lowest BCUT2D eigenvalue weighted by molar-refractivity contribution is 0.103. The van der Waals surface area contributed by atoms with Crippen LogP contribution in [0.4, 0.5) is 0 Å². The van der Waals surface area contributed by atoms with E-state index in [2.05, 4.69) is 20.9 Å². The van der Waals surface area contributed by atoms with Crippen LogP contribution in [-0.4, -0.2) is 16.9 Å². The lowest BCUT2D eigenvalue weighted by Crippen LogP contribution is -2.06. The number of carbonyl (C=O) groups excluding carboxylic acids is 1. The fraction of sp³-hybridized carbons (Fsp3) is 0.200. The summed E-state index contributed by atoms with van der Waals surface area (Å²) in [6.45, 7) is 3.93. The van der Waals surface area contributed by atoms with Crippen molar-refractivity contribution in [3.63, 3.8) is 0 Å². The smallest absolute Gasteiger partial charge is 0.211 e. The van der Waals surface area contributed by atoms with Crippen LogP contribution in [0.3, 0.4) is 0 Å². The predicted molar refractivity (Wildman–Crippen MR) is 77.6 cm³/mol. The molecule has 0 aliphatic rings. The largest absolute Gasteiger partial charge is 0.491 e. The molecule has 1 heterocycles. The number of pyridine rings is 1. The second-order valence-corrected chi connectivity index (χ2v) is 5.30. The third-order valence-electron chi connectivity index (χ3n) is 2.45. The van der Waals surface area contributed by atoms with Crippen LogP contribution in [0.25, 0.3) is 0 Å². The van der Waals surface area contributed by atoms with Crippen molar-refractivity contribution in [3.8, 4) is 5.75 Å². The zero-order valence-corrected chi connectivity index (χ0v) is 12.3. The molecule has 0 unspecified atom stereocenters. The Bertz CT molecular complexity index is 562. The molecule has 4 heteroatoms. The SMILES string of the molecule is CC(C)Oc1ccc(C(=O)c2ccc(Br)cn2)cc1. The molecule has 0 bridgehead atoms. The molecule has 0 aliphatic carbocycles. The Hall–Kier alpha value is -1.68. The summed E-state index contributed by atoms with van der Waals surface area (Å²) < 4.78 is 6.39. The molecule has 0 amide bonds. The van der Waals surface area contributed by atoms with E-state index >= 15 is 0 Å². The van der Waals surface area contributed by atoms with Gasteiger partial charge in [-0.3, -0.25) is 9.78 Å². The molecule has 2 rings (SSSR count). The van der Waals surface area contributed by atoms with Gasteiger partial charge in [-0.2, -0.15) is 0 Å². The number of hydrogen-bond acceptors (Lipinski definition) is 3. The number of halogens is 1. The van der Waals surface area contributed by atoms with Gasteiger partial charge in [-0.25, -0.2) is 0 Å². The average molecular weight is 320 g/mol. The second-order valence-electron chi connectivity index (χ2n) is 4.38. The molecule has 1 aromatic heterocycles. The maximum absolute atomic E-state index is 12.2. The van der Waals surface area contributed by atoms with Gasteiger partial charge < -0.3 is 4.74 Å². The van der Waals surface area contributed by atoms with Crippen LogP contribution >= 0.6 is 15.9 Å². The Morgan fingerprint density at radius 1 is 1.16 bits per heavy atom. The van der Waals surface area contributed by atoms with E-state index in [0.717, 1.165) is 10.2 Å². The molecular weight excluding hydrogens is 306 g/mol. The minimum absolute atomic E-state index is 0.0939. The molecule has 0 saturated heterocycles. The standard InChI is InChI=1S/C15H14BrNO2/c1-10(2)19-13-6-3-11(4-7-13)15(18)14-8-5-12(16)9-17-14/h3-10H,1-2H3. The molecule has 0 spiro atoms. The van der Waals surface area contributed by atoms with E-state index in [1.807, 2.05) is 13.8 Å². The summed E-state index contributed by atoms with van der Waals surface area (Å²) in [6, 6.07) is 10.6. The van der Waals surface area contributed by atoms with Gasteiger partial charge in [0.25, 0.3) is 0 Å². The molecule has 0 atom stereocenters. The first kappa shape index (κ1) is 13.7. The van der Waals surface area contributed by atoms with Gasteiger partial charge in [-0.05, 0) is 66.2 Å². The van der Waals surface area contributed by atoms with Gasteiger partial charge in [0.05, 0.1) is 6.10 Å². The van der Waals surface area contributed by atoms with Crippen LogP contribution in [0.1, 0.15) is 29.9 Å². The Balaban J connectivity index is 2.17. The number of ketones is 1. The quantitative estimate of drug-likeness (QED) is 0.803. The van der Waals surface area contributed by atoms with Crippen molar-refractivity contribution in [1.29, 1.82) is 0 Å². The lowest BCUT2D eigenvalue weighted by atomic mass is 10.1. The van der Waals surface area contributed by atoms with Gasteiger partial charge in [0, 0.05) is 16.2 Å². The van der Waals surface area contributed by atoms with E-state index in [4.69, 9.17) is 4.74 Å². The number of rotatable bonds is 4. The van der Waals surface area contributed by atoms with Gasteiger partial charge >= 0.3 is 0 Å². The van der Waals surface area contributed by atoms with Gasteiger partial charge in [0.1, 0.15) is 11.4 Å². The fourth-order valence-corrected chi connectivity index (χ4v) is 1.85. The molecule has 2 aromatic rings. The van der Waals surface area contributed by atoms with E-state index in [-0.39, 0.29) is 11.9 Å².